The maximum absolute atomic E-state index is 10.4. The summed E-state index contributed by atoms with van der Waals surface area (Å²) in [5.41, 5.74) is 5.05. The van der Waals surface area contributed by atoms with E-state index in [2.05, 4.69) is 47.4 Å². The molecule has 0 spiro atoms. The fraction of sp³-hybridized carbons (Fsp3) is 0.556. The number of rotatable bonds is 4. The molecule has 2 aromatic rings. The van der Waals surface area contributed by atoms with E-state index in [0.717, 1.165) is 12.3 Å². The maximum atomic E-state index is 10.4. The van der Waals surface area contributed by atoms with E-state index in [1.807, 2.05) is 6.07 Å². The number of phenols is 1. The van der Waals surface area contributed by atoms with Gasteiger partial charge in [0.25, 0.3) is 0 Å². The van der Waals surface area contributed by atoms with Crippen LogP contribution < -0.4 is 0 Å². The number of hydrogen-bond donors (Lipinski definition) is 1. The maximum Gasteiger partial charge on any atom is 0.115 e. The van der Waals surface area contributed by atoms with Crippen LogP contribution in [0.5, 0.6) is 5.75 Å². The number of phenolic OH excluding ortho intramolecular Hbond substituents is 1. The molecule has 1 aliphatic heterocycles. The molecule has 2 nitrogen and oxygen atoms in total. The third-order valence-electron chi connectivity index (χ3n) is 8.91. The van der Waals surface area contributed by atoms with Gasteiger partial charge in [-0.05, 0) is 91.6 Å². The van der Waals surface area contributed by atoms with Crippen LogP contribution in [0.2, 0.25) is 0 Å². The number of aromatic hydroxyl groups is 1. The molecule has 4 aliphatic rings. The summed E-state index contributed by atoms with van der Waals surface area (Å²) in [6.45, 7) is 2.55. The van der Waals surface area contributed by atoms with Crippen molar-refractivity contribution in [2.75, 3.05) is 13.1 Å². The Bertz CT molecular complexity index is 904. The van der Waals surface area contributed by atoms with Crippen LogP contribution in [0.15, 0.2) is 48.5 Å². The second-order valence-electron chi connectivity index (χ2n) is 10.4. The molecule has 1 N–H and O–H groups in total. The van der Waals surface area contributed by atoms with E-state index in [1.54, 1.807) is 0 Å². The predicted molar refractivity (Wildman–Crippen MR) is 117 cm³/mol. The van der Waals surface area contributed by atoms with Crippen molar-refractivity contribution >= 4 is 0 Å². The summed E-state index contributed by atoms with van der Waals surface area (Å²) in [7, 11) is 0. The Morgan fingerprint density at radius 3 is 2.62 bits per heavy atom. The summed E-state index contributed by atoms with van der Waals surface area (Å²) in [4.78, 5) is 2.90. The molecule has 3 atom stereocenters. The zero-order chi connectivity index (χ0) is 19.5. The number of hydrogen-bond acceptors (Lipinski definition) is 2. The van der Waals surface area contributed by atoms with Gasteiger partial charge in [0, 0.05) is 18.0 Å². The lowest BCUT2D eigenvalue weighted by molar-refractivity contribution is -0.0967. The molecule has 0 radical (unpaired) electrons. The molecule has 1 heterocycles. The van der Waals surface area contributed by atoms with Gasteiger partial charge in [0.2, 0.25) is 0 Å². The first-order chi connectivity index (χ1) is 14.2. The van der Waals surface area contributed by atoms with E-state index in [1.165, 1.54) is 81.1 Å². The van der Waals surface area contributed by atoms with Crippen molar-refractivity contribution in [2.24, 2.45) is 11.3 Å². The van der Waals surface area contributed by atoms with Gasteiger partial charge in [-0.1, -0.05) is 49.2 Å². The van der Waals surface area contributed by atoms with Gasteiger partial charge in [0.1, 0.15) is 5.75 Å². The molecule has 0 amide bonds. The molecule has 2 heteroatoms. The van der Waals surface area contributed by atoms with Crippen LogP contribution in [-0.4, -0.2) is 29.1 Å². The van der Waals surface area contributed by atoms with Gasteiger partial charge in [0.15, 0.2) is 0 Å². The van der Waals surface area contributed by atoms with Gasteiger partial charge >= 0.3 is 0 Å². The van der Waals surface area contributed by atoms with Crippen LogP contribution in [0, 0.1) is 11.3 Å². The van der Waals surface area contributed by atoms with Crippen molar-refractivity contribution in [3.63, 3.8) is 0 Å². The highest BCUT2D eigenvalue weighted by molar-refractivity contribution is 5.48. The highest BCUT2D eigenvalue weighted by Gasteiger charge is 2.63. The second kappa shape index (κ2) is 6.60. The SMILES string of the molecule is Oc1ccc2c(c1)[C@@]13CCCC[C@@]1(Cc1ccccc1)[C@@H](C2)N(CC1CC1)CC3. The van der Waals surface area contributed by atoms with Gasteiger partial charge in [-0.2, -0.15) is 0 Å². The third kappa shape index (κ3) is 2.71. The number of piperidine rings is 1. The first-order valence-corrected chi connectivity index (χ1v) is 11.8. The average Bonchev–Trinajstić information content (AvgIpc) is 3.55. The van der Waals surface area contributed by atoms with E-state index in [0.29, 0.717) is 17.2 Å². The van der Waals surface area contributed by atoms with Crippen LogP contribution >= 0.6 is 0 Å². The Morgan fingerprint density at radius 1 is 0.966 bits per heavy atom. The van der Waals surface area contributed by atoms with E-state index >= 15 is 0 Å². The van der Waals surface area contributed by atoms with Gasteiger partial charge in [-0.3, -0.25) is 4.90 Å². The molecule has 2 aromatic carbocycles. The van der Waals surface area contributed by atoms with Crippen molar-refractivity contribution in [3.05, 3.63) is 65.2 Å². The number of fused-ring (bicyclic) bond motifs is 1. The van der Waals surface area contributed by atoms with Crippen LogP contribution in [0.1, 0.15) is 61.6 Å². The van der Waals surface area contributed by atoms with Crippen molar-refractivity contribution in [1.82, 2.24) is 4.90 Å². The van der Waals surface area contributed by atoms with E-state index in [4.69, 9.17) is 0 Å². The van der Waals surface area contributed by atoms with Gasteiger partial charge in [-0.15, -0.1) is 0 Å². The summed E-state index contributed by atoms with van der Waals surface area (Å²) >= 11 is 0. The molecule has 3 fully saturated rings. The Balaban J connectivity index is 1.52. The summed E-state index contributed by atoms with van der Waals surface area (Å²) in [5.74, 6) is 1.40. The average molecular weight is 388 g/mol. The molecular formula is C27H33NO. The minimum absolute atomic E-state index is 0.234. The molecule has 29 heavy (non-hydrogen) atoms. The normalized spacial score (nSPS) is 33.7. The minimum atomic E-state index is 0.234. The molecule has 6 rings (SSSR count). The second-order valence-corrected chi connectivity index (χ2v) is 10.4. The highest BCUT2D eigenvalue weighted by Crippen LogP contribution is 2.64. The van der Waals surface area contributed by atoms with Crippen molar-refractivity contribution in [3.8, 4) is 5.75 Å². The molecule has 1 saturated heterocycles. The van der Waals surface area contributed by atoms with Gasteiger partial charge in [-0.25, -0.2) is 0 Å². The number of nitrogens with zero attached hydrogens (tertiary/aromatic N) is 1. The largest absolute Gasteiger partial charge is 0.508 e. The highest BCUT2D eigenvalue weighted by atomic mass is 16.3. The standard InChI is InChI=1S/C27H33NO/c29-23-11-10-22-16-25-27(18-20-6-2-1-3-7-20)13-5-4-12-26(27,24(22)17-23)14-15-28(25)19-21-8-9-21/h1-3,6-7,10-11,17,21,25,29H,4-5,8-9,12-16,18-19H2/t25-,26+,27-/m1/s1. The van der Waals surface area contributed by atoms with Gasteiger partial charge in [0.05, 0.1) is 0 Å². The van der Waals surface area contributed by atoms with Crippen LogP contribution in [-0.2, 0) is 18.3 Å². The summed E-state index contributed by atoms with van der Waals surface area (Å²) in [6, 6.07) is 18.2. The van der Waals surface area contributed by atoms with Crippen molar-refractivity contribution in [1.29, 1.82) is 0 Å². The fourth-order valence-electron chi connectivity index (χ4n) is 7.50. The zero-order valence-electron chi connectivity index (χ0n) is 17.4. The van der Waals surface area contributed by atoms with E-state index < -0.39 is 0 Å². The lowest BCUT2D eigenvalue weighted by Crippen LogP contribution is -2.69. The molecule has 152 valence electrons. The Kier molecular flexibility index (Phi) is 4.10. The quantitative estimate of drug-likeness (QED) is 0.751. The van der Waals surface area contributed by atoms with Crippen molar-refractivity contribution < 1.29 is 5.11 Å². The monoisotopic (exact) mass is 387 g/mol. The van der Waals surface area contributed by atoms with Crippen LogP contribution in [0.4, 0.5) is 0 Å². The first-order valence-electron chi connectivity index (χ1n) is 11.8. The minimum Gasteiger partial charge on any atom is -0.508 e. The first kappa shape index (κ1) is 18.0. The third-order valence-corrected chi connectivity index (χ3v) is 8.91. The van der Waals surface area contributed by atoms with Crippen LogP contribution in [0.25, 0.3) is 0 Å². The van der Waals surface area contributed by atoms with Gasteiger partial charge < -0.3 is 5.11 Å². The fourth-order valence-corrected chi connectivity index (χ4v) is 7.50. The lowest BCUT2D eigenvalue weighted by Gasteiger charge is -2.67. The molecule has 3 aliphatic carbocycles. The topological polar surface area (TPSA) is 23.5 Å². The smallest absolute Gasteiger partial charge is 0.115 e. The summed E-state index contributed by atoms with van der Waals surface area (Å²) in [5, 5.41) is 10.4. The molecule has 0 aromatic heterocycles. The van der Waals surface area contributed by atoms with Crippen molar-refractivity contribution in [2.45, 2.75) is 69.2 Å². The number of likely N-dealkylation sites (tertiary alicyclic amines) is 1. The Hall–Kier alpha value is -1.80. The predicted octanol–water partition coefficient (Wildman–Crippen LogP) is 5.47. The van der Waals surface area contributed by atoms with E-state index in [-0.39, 0.29) is 5.41 Å². The summed E-state index contributed by atoms with van der Waals surface area (Å²) < 4.78 is 0. The zero-order valence-corrected chi connectivity index (χ0v) is 17.4. The Morgan fingerprint density at radius 2 is 1.79 bits per heavy atom. The molecular weight excluding hydrogens is 354 g/mol. The molecule has 2 saturated carbocycles. The molecule has 2 bridgehead atoms. The van der Waals surface area contributed by atoms with Crippen LogP contribution in [0.3, 0.4) is 0 Å². The Labute approximate surface area is 174 Å². The van der Waals surface area contributed by atoms with E-state index in [9.17, 15) is 5.11 Å². The lowest BCUT2D eigenvalue weighted by atomic mass is 9.42. The molecule has 0 unspecified atom stereocenters. The number of benzene rings is 2. The summed E-state index contributed by atoms with van der Waals surface area (Å²) in [6.07, 6.45) is 11.8.